The predicted molar refractivity (Wildman–Crippen MR) is 71.9 cm³/mol. The molecule has 0 aromatic rings. The summed E-state index contributed by atoms with van der Waals surface area (Å²) < 4.78 is 0. The van der Waals surface area contributed by atoms with Gasteiger partial charge in [-0.05, 0) is 25.7 Å². The zero-order valence-electron chi connectivity index (χ0n) is 11.5. The van der Waals surface area contributed by atoms with Gasteiger partial charge in [-0.2, -0.15) is 0 Å². The molecule has 1 saturated heterocycles. The quantitative estimate of drug-likeness (QED) is 0.789. The number of hydrogen-bond donors (Lipinski definition) is 1. The highest BCUT2D eigenvalue weighted by molar-refractivity contribution is 5.78. The van der Waals surface area contributed by atoms with Crippen molar-refractivity contribution >= 4 is 11.9 Å². The van der Waals surface area contributed by atoms with Crippen molar-refractivity contribution in [2.24, 2.45) is 0 Å². The maximum absolute atomic E-state index is 12.3. The number of hydrogen-bond acceptors (Lipinski definition) is 3. The van der Waals surface area contributed by atoms with Crippen LogP contribution < -0.4 is 0 Å². The topological polar surface area (TPSA) is 60.9 Å². The highest BCUT2D eigenvalue weighted by atomic mass is 16.4. The minimum absolute atomic E-state index is 0.129. The van der Waals surface area contributed by atoms with Crippen LogP contribution in [0, 0.1) is 0 Å². The molecule has 0 atom stereocenters. The Hall–Kier alpha value is -1.10. The first-order valence-corrected chi connectivity index (χ1v) is 7.40. The maximum Gasteiger partial charge on any atom is 0.304 e. The van der Waals surface area contributed by atoms with Crippen molar-refractivity contribution in [3.63, 3.8) is 0 Å². The number of rotatable bonds is 6. The molecule has 0 unspecified atom stereocenters. The maximum atomic E-state index is 12.3. The van der Waals surface area contributed by atoms with Crippen LogP contribution in [0.15, 0.2) is 0 Å². The highest BCUT2D eigenvalue weighted by Crippen LogP contribution is 2.27. The van der Waals surface area contributed by atoms with Gasteiger partial charge in [0.2, 0.25) is 5.91 Å². The van der Waals surface area contributed by atoms with Crippen LogP contribution >= 0.6 is 0 Å². The molecule has 19 heavy (non-hydrogen) atoms. The van der Waals surface area contributed by atoms with Gasteiger partial charge in [-0.15, -0.1) is 0 Å². The third-order valence-corrected chi connectivity index (χ3v) is 3.97. The molecule has 2 fully saturated rings. The van der Waals surface area contributed by atoms with Crippen molar-refractivity contribution in [3.8, 4) is 0 Å². The minimum atomic E-state index is -0.784. The van der Waals surface area contributed by atoms with Gasteiger partial charge in [-0.25, -0.2) is 0 Å². The first-order valence-electron chi connectivity index (χ1n) is 7.40. The van der Waals surface area contributed by atoms with E-state index in [4.69, 9.17) is 5.11 Å². The summed E-state index contributed by atoms with van der Waals surface area (Å²) in [6.07, 6.45) is 6.97. The lowest BCUT2D eigenvalue weighted by molar-refractivity contribution is -0.138. The lowest BCUT2D eigenvalue weighted by atomic mass is 10.2. The summed E-state index contributed by atoms with van der Waals surface area (Å²) in [6, 6.07) is 0.440. The summed E-state index contributed by atoms with van der Waals surface area (Å²) in [4.78, 5) is 27.0. The molecular formula is C14H24N2O3. The minimum Gasteiger partial charge on any atom is -0.481 e. The van der Waals surface area contributed by atoms with Crippen LogP contribution in [-0.2, 0) is 9.59 Å². The Morgan fingerprint density at radius 2 is 1.74 bits per heavy atom. The van der Waals surface area contributed by atoms with Crippen molar-refractivity contribution in [3.05, 3.63) is 0 Å². The van der Waals surface area contributed by atoms with E-state index in [-0.39, 0.29) is 12.3 Å². The number of likely N-dealkylation sites (tertiary alicyclic amines) is 1. The van der Waals surface area contributed by atoms with Gasteiger partial charge in [0.1, 0.15) is 0 Å². The molecule has 108 valence electrons. The lowest BCUT2D eigenvalue weighted by Crippen LogP contribution is -2.42. The molecule has 1 aliphatic carbocycles. The molecule has 0 spiro atoms. The summed E-state index contributed by atoms with van der Waals surface area (Å²) >= 11 is 0. The molecule has 0 bridgehead atoms. The van der Waals surface area contributed by atoms with Crippen LogP contribution in [0.1, 0.15) is 44.9 Å². The Balaban J connectivity index is 1.81. The molecule has 0 aromatic carbocycles. The van der Waals surface area contributed by atoms with Gasteiger partial charge in [0.25, 0.3) is 0 Å². The Morgan fingerprint density at radius 3 is 2.26 bits per heavy atom. The van der Waals surface area contributed by atoms with Gasteiger partial charge in [0.15, 0.2) is 0 Å². The molecule has 0 radical (unpaired) electrons. The fourth-order valence-electron chi connectivity index (χ4n) is 2.66. The van der Waals surface area contributed by atoms with Gasteiger partial charge in [-0.3, -0.25) is 14.5 Å². The van der Waals surface area contributed by atoms with E-state index in [2.05, 4.69) is 4.90 Å². The van der Waals surface area contributed by atoms with E-state index in [0.717, 1.165) is 38.8 Å². The molecule has 1 aliphatic heterocycles. The number of carboxylic acids is 1. The average molecular weight is 268 g/mol. The second-order valence-electron chi connectivity index (χ2n) is 5.64. The molecule has 1 heterocycles. The zero-order valence-corrected chi connectivity index (χ0v) is 11.5. The largest absolute Gasteiger partial charge is 0.481 e. The second-order valence-corrected chi connectivity index (χ2v) is 5.64. The Labute approximate surface area is 114 Å². The van der Waals surface area contributed by atoms with E-state index >= 15 is 0 Å². The molecule has 1 saturated carbocycles. The van der Waals surface area contributed by atoms with E-state index < -0.39 is 5.97 Å². The molecular weight excluding hydrogens is 244 g/mol. The Kier molecular flexibility index (Phi) is 5.19. The standard InChI is InChI=1S/C14H24N2O3/c17-13(15-8-3-1-2-4-9-15)11-16(12-5-6-12)10-7-14(18)19/h12H,1-11H2,(H,18,19). The van der Waals surface area contributed by atoms with Crippen LogP contribution in [0.5, 0.6) is 0 Å². The summed E-state index contributed by atoms with van der Waals surface area (Å²) in [5.74, 6) is -0.605. The highest BCUT2D eigenvalue weighted by Gasteiger charge is 2.31. The number of amides is 1. The third kappa shape index (κ3) is 4.82. The molecule has 1 N–H and O–H groups in total. The Bertz CT molecular complexity index is 321. The molecule has 2 aliphatic rings. The average Bonchev–Trinajstić information content (AvgIpc) is 3.19. The third-order valence-electron chi connectivity index (χ3n) is 3.97. The van der Waals surface area contributed by atoms with Crippen molar-refractivity contribution < 1.29 is 14.7 Å². The number of carbonyl (C=O) groups excluding carboxylic acids is 1. The molecule has 5 heteroatoms. The number of aliphatic carboxylic acids is 1. The van der Waals surface area contributed by atoms with Gasteiger partial charge < -0.3 is 10.0 Å². The predicted octanol–water partition coefficient (Wildman–Crippen LogP) is 1.33. The molecule has 0 aromatic heterocycles. The summed E-state index contributed by atoms with van der Waals surface area (Å²) in [5.41, 5.74) is 0. The Morgan fingerprint density at radius 1 is 1.11 bits per heavy atom. The summed E-state index contributed by atoms with van der Waals surface area (Å²) in [5, 5.41) is 8.76. The van der Waals surface area contributed by atoms with E-state index in [1.165, 1.54) is 12.8 Å². The fraction of sp³-hybridized carbons (Fsp3) is 0.857. The monoisotopic (exact) mass is 268 g/mol. The van der Waals surface area contributed by atoms with Crippen molar-refractivity contribution in [2.75, 3.05) is 26.2 Å². The number of nitrogens with zero attached hydrogens (tertiary/aromatic N) is 2. The van der Waals surface area contributed by atoms with E-state index in [1.807, 2.05) is 4.90 Å². The van der Waals surface area contributed by atoms with E-state index in [9.17, 15) is 9.59 Å². The van der Waals surface area contributed by atoms with Crippen molar-refractivity contribution in [1.29, 1.82) is 0 Å². The summed E-state index contributed by atoms with van der Waals surface area (Å²) in [7, 11) is 0. The second kappa shape index (κ2) is 6.89. The van der Waals surface area contributed by atoms with Crippen LogP contribution in [0.25, 0.3) is 0 Å². The van der Waals surface area contributed by atoms with Crippen LogP contribution in [0.4, 0.5) is 0 Å². The smallest absolute Gasteiger partial charge is 0.304 e. The molecule has 2 rings (SSSR count). The van der Waals surface area contributed by atoms with Crippen molar-refractivity contribution in [2.45, 2.75) is 51.0 Å². The van der Waals surface area contributed by atoms with Crippen LogP contribution in [0.2, 0.25) is 0 Å². The number of carbonyl (C=O) groups is 2. The molecule has 5 nitrogen and oxygen atoms in total. The fourth-order valence-corrected chi connectivity index (χ4v) is 2.66. The van der Waals surface area contributed by atoms with E-state index in [0.29, 0.717) is 19.1 Å². The molecule has 1 amide bonds. The zero-order chi connectivity index (χ0) is 13.7. The SMILES string of the molecule is O=C(O)CCN(CC(=O)N1CCCCCC1)C1CC1. The van der Waals surface area contributed by atoms with Gasteiger partial charge in [0.05, 0.1) is 13.0 Å². The number of carboxylic acid groups (broad SMARTS) is 1. The summed E-state index contributed by atoms with van der Waals surface area (Å²) in [6.45, 7) is 2.64. The van der Waals surface area contributed by atoms with Crippen LogP contribution in [-0.4, -0.2) is 59.0 Å². The normalized spacial score (nSPS) is 20.4. The van der Waals surface area contributed by atoms with Crippen molar-refractivity contribution in [1.82, 2.24) is 9.80 Å². The first-order chi connectivity index (χ1) is 9.16. The van der Waals surface area contributed by atoms with Gasteiger partial charge in [0, 0.05) is 25.7 Å². The van der Waals surface area contributed by atoms with Gasteiger partial charge in [-0.1, -0.05) is 12.8 Å². The lowest BCUT2D eigenvalue weighted by Gasteiger charge is -2.26. The first kappa shape index (κ1) is 14.3. The van der Waals surface area contributed by atoms with E-state index in [1.54, 1.807) is 0 Å². The van der Waals surface area contributed by atoms with Crippen LogP contribution in [0.3, 0.4) is 0 Å². The van der Waals surface area contributed by atoms with Gasteiger partial charge >= 0.3 is 5.97 Å².